The van der Waals surface area contributed by atoms with Gasteiger partial charge in [-0.3, -0.25) is 14.4 Å². The summed E-state index contributed by atoms with van der Waals surface area (Å²) in [5.74, 6) is 0.00479. The first-order valence-electron chi connectivity index (χ1n) is 14.2. The van der Waals surface area contributed by atoms with Crippen LogP contribution in [0.25, 0.3) is 0 Å². The molecule has 2 aromatic rings. The van der Waals surface area contributed by atoms with Crippen LogP contribution < -0.4 is 10.2 Å². The minimum atomic E-state index is -0.732. The van der Waals surface area contributed by atoms with Crippen LogP contribution in [-0.4, -0.2) is 59.4 Å². The lowest BCUT2D eigenvalue weighted by Gasteiger charge is -2.43. The van der Waals surface area contributed by atoms with Crippen molar-refractivity contribution in [2.24, 2.45) is 0 Å². The third-order valence-electron chi connectivity index (χ3n) is 8.03. The van der Waals surface area contributed by atoms with E-state index >= 15 is 0 Å². The van der Waals surface area contributed by atoms with Gasteiger partial charge in [-0.05, 0) is 43.9 Å². The smallest absolute Gasteiger partial charge is 0.250 e. The summed E-state index contributed by atoms with van der Waals surface area (Å²) in [4.78, 5) is 45.5. The van der Waals surface area contributed by atoms with Gasteiger partial charge >= 0.3 is 0 Å². The predicted octanol–water partition coefficient (Wildman–Crippen LogP) is 4.89. The molecule has 204 valence electrons. The summed E-state index contributed by atoms with van der Waals surface area (Å²) in [6.45, 7) is 5.65. The van der Waals surface area contributed by atoms with Gasteiger partial charge in [0.15, 0.2) is 0 Å². The fraction of sp³-hybridized carbons (Fsp3) is 0.516. The number of carbonyl (C=O) groups is 3. The molecule has 1 spiro atoms. The molecule has 4 rings (SSSR count). The van der Waals surface area contributed by atoms with Gasteiger partial charge in [0.2, 0.25) is 11.8 Å². The molecule has 38 heavy (non-hydrogen) atoms. The Morgan fingerprint density at radius 3 is 2.21 bits per heavy atom. The zero-order valence-corrected chi connectivity index (χ0v) is 22.9. The van der Waals surface area contributed by atoms with E-state index in [9.17, 15) is 14.4 Å². The van der Waals surface area contributed by atoms with Crippen molar-refractivity contribution in [1.82, 2.24) is 15.1 Å². The van der Waals surface area contributed by atoms with Gasteiger partial charge < -0.3 is 20.0 Å². The van der Waals surface area contributed by atoms with E-state index in [1.807, 2.05) is 72.5 Å². The Hall–Kier alpha value is -3.35. The van der Waals surface area contributed by atoms with Crippen molar-refractivity contribution in [3.63, 3.8) is 0 Å². The predicted molar refractivity (Wildman–Crippen MR) is 150 cm³/mol. The second kappa shape index (κ2) is 12.9. The molecule has 0 radical (unpaired) electrons. The average Bonchev–Trinajstić information content (AvgIpc) is 3.20. The standard InChI is InChI=1S/C31H42N4O3/c1-3-4-5-6-13-18-29(37)33-21-19-31(20-22-33)30(38)34(24-35(31)27-16-11-8-12-17-27)23-28(36)32-25(2)26-14-9-7-10-15-26/h7-12,14-17,25H,3-6,13,18-24H2,1-2H3,(H,32,36). The van der Waals surface area contributed by atoms with E-state index in [1.165, 1.54) is 19.3 Å². The van der Waals surface area contributed by atoms with E-state index < -0.39 is 5.54 Å². The molecule has 0 aliphatic carbocycles. The molecule has 0 aromatic heterocycles. The lowest BCUT2D eigenvalue weighted by atomic mass is 9.85. The van der Waals surface area contributed by atoms with E-state index in [0.29, 0.717) is 39.0 Å². The number of nitrogens with one attached hydrogen (secondary N) is 1. The molecule has 1 unspecified atom stereocenters. The Morgan fingerprint density at radius 2 is 1.55 bits per heavy atom. The molecule has 2 fully saturated rings. The van der Waals surface area contributed by atoms with Gasteiger partial charge in [-0.1, -0.05) is 81.1 Å². The molecule has 1 N–H and O–H groups in total. The molecule has 2 aliphatic heterocycles. The van der Waals surface area contributed by atoms with Crippen LogP contribution >= 0.6 is 0 Å². The van der Waals surface area contributed by atoms with Gasteiger partial charge in [-0.15, -0.1) is 0 Å². The molecule has 2 aromatic carbocycles. The summed E-state index contributed by atoms with van der Waals surface area (Å²) in [5, 5.41) is 3.04. The first kappa shape index (κ1) is 27.7. The Balaban J connectivity index is 1.41. The van der Waals surface area contributed by atoms with Crippen molar-refractivity contribution in [3.8, 4) is 0 Å². The second-order valence-corrected chi connectivity index (χ2v) is 10.7. The monoisotopic (exact) mass is 518 g/mol. The van der Waals surface area contributed by atoms with Crippen molar-refractivity contribution in [2.45, 2.75) is 76.8 Å². The fourth-order valence-electron chi connectivity index (χ4n) is 5.77. The highest BCUT2D eigenvalue weighted by Gasteiger charge is 2.54. The molecule has 3 amide bonds. The van der Waals surface area contributed by atoms with Crippen molar-refractivity contribution in [2.75, 3.05) is 31.2 Å². The number of benzene rings is 2. The quantitative estimate of drug-likeness (QED) is 0.430. The van der Waals surface area contributed by atoms with Crippen molar-refractivity contribution < 1.29 is 14.4 Å². The first-order valence-corrected chi connectivity index (χ1v) is 14.2. The molecular formula is C31H42N4O3. The number of likely N-dealkylation sites (tertiary alicyclic amines) is 1. The van der Waals surface area contributed by atoms with Crippen LogP contribution in [-0.2, 0) is 14.4 Å². The highest BCUT2D eigenvalue weighted by Crippen LogP contribution is 2.39. The van der Waals surface area contributed by atoms with Crippen molar-refractivity contribution in [1.29, 1.82) is 0 Å². The lowest BCUT2D eigenvalue weighted by Crippen LogP contribution is -2.57. The van der Waals surface area contributed by atoms with E-state index in [1.54, 1.807) is 4.90 Å². The number of rotatable bonds is 11. The molecular weight excluding hydrogens is 476 g/mol. The SMILES string of the molecule is CCCCCCCC(=O)N1CCC2(CC1)C(=O)N(CC(=O)NC(C)c1ccccc1)CN2c1ccccc1. The normalized spacial score (nSPS) is 17.6. The summed E-state index contributed by atoms with van der Waals surface area (Å²) >= 11 is 0. The summed E-state index contributed by atoms with van der Waals surface area (Å²) in [6, 6.07) is 19.6. The highest BCUT2D eigenvalue weighted by atomic mass is 16.2. The topological polar surface area (TPSA) is 73.0 Å². The van der Waals surface area contributed by atoms with Crippen molar-refractivity contribution >= 4 is 23.4 Å². The van der Waals surface area contributed by atoms with E-state index in [0.717, 1.165) is 24.1 Å². The third-order valence-corrected chi connectivity index (χ3v) is 8.03. The number of hydrogen-bond acceptors (Lipinski definition) is 4. The maximum Gasteiger partial charge on any atom is 0.250 e. The number of hydrogen-bond donors (Lipinski definition) is 1. The largest absolute Gasteiger partial charge is 0.348 e. The molecule has 2 heterocycles. The van der Waals surface area contributed by atoms with Crippen LogP contribution in [0.1, 0.15) is 76.8 Å². The Bertz CT molecular complexity index is 1070. The van der Waals surface area contributed by atoms with Gasteiger partial charge in [0.05, 0.1) is 12.7 Å². The van der Waals surface area contributed by atoms with Crippen LogP contribution in [0.5, 0.6) is 0 Å². The first-order chi connectivity index (χ1) is 18.4. The van der Waals surface area contributed by atoms with Crippen LogP contribution in [0.3, 0.4) is 0 Å². The molecule has 7 heteroatoms. The van der Waals surface area contributed by atoms with Gasteiger partial charge in [0.1, 0.15) is 12.1 Å². The minimum absolute atomic E-state index is 0.0154. The number of anilines is 1. The number of nitrogens with zero attached hydrogens (tertiary/aromatic N) is 3. The van der Waals surface area contributed by atoms with E-state index in [4.69, 9.17) is 0 Å². The Labute approximate surface area is 227 Å². The van der Waals surface area contributed by atoms with Gasteiger partial charge in [0, 0.05) is 25.2 Å². The van der Waals surface area contributed by atoms with Crippen molar-refractivity contribution in [3.05, 3.63) is 66.2 Å². The molecule has 7 nitrogen and oxygen atoms in total. The molecule has 0 bridgehead atoms. The zero-order valence-electron chi connectivity index (χ0n) is 22.9. The van der Waals surface area contributed by atoms with Gasteiger partial charge in [0.25, 0.3) is 5.91 Å². The van der Waals surface area contributed by atoms with E-state index in [-0.39, 0.29) is 30.3 Å². The second-order valence-electron chi connectivity index (χ2n) is 10.7. The number of carbonyl (C=O) groups excluding carboxylic acids is 3. The number of para-hydroxylation sites is 1. The summed E-state index contributed by atoms with van der Waals surface area (Å²) in [5.41, 5.74) is 1.26. The number of amides is 3. The molecule has 1 atom stereocenters. The molecule has 0 saturated carbocycles. The van der Waals surface area contributed by atoms with Crippen LogP contribution in [0.15, 0.2) is 60.7 Å². The van der Waals surface area contributed by atoms with Gasteiger partial charge in [-0.2, -0.15) is 0 Å². The summed E-state index contributed by atoms with van der Waals surface area (Å²) < 4.78 is 0. The van der Waals surface area contributed by atoms with Crippen LogP contribution in [0, 0.1) is 0 Å². The average molecular weight is 519 g/mol. The fourth-order valence-corrected chi connectivity index (χ4v) is 5.77. The molecule has 2 saturated heterocycles. The highest BCUT2D eigenvalue weighted by molar-refractivity contribution is 5.96. The van der Waals surface area contributed by atoms with E-state index in [2.05, 4.69) is 17.1 Å². The summed E-state index contributed by atoms with van der Waals surface area (Å²) in [7, 11) is 0. The third kappa shape index (κ3) is 6.37. The van der Waals surface area contributed by atoms with Crippen LogP contribution in [0.2, 0.25) is 0 Å². The maximum absolute atomic E-state index is 13.9. The maximum atomic E-state index is 13.9. The Kier molecular flexibility index (Phi) is 9.43. The zero-order chi connectivity index (χ0) is 27.0. The lowest BCUT2D eigenvalue weighted by molar-refractivity contribution is -0.140. The van der Waals surface area contributed by atoms with Crippen LogP contribution in [0.4, 0.5) is 5.69 Å². The number of unbranched alkanes of at least 4 members (excludes halogenated alkanes) is 4. The summed E-state index contributed by atoms with van der Waals surface area (Å²) in [6.07, 6.45) is 7.34. The molecule has 2 aliphatic rings. The van der Waals surface area contributed by atoms with Gasteiger partial charge in [-0.25, -0.2) is 0 Å². The Morgan fingerprint density at radius 1 is 0.921 bits per heavy atom. The number of piperidine rings is 1. The minimum Gasteiger partial charge on any atom is -0.348 e.